The molecule has 0 spiro atoms. The summed E-state index contributed by atoms with van der Waals surface area (Å²) in [6.07, 6.45) is 7.99. The largest absolute Gasteiger partial charge is 0.197 e. The predicted molar refractivity (Wildman–Crippen MR) is 45.8 cm³/mol. The van der Waals surface area contributed by atoms with Gasteiger partial charge in [0.15, 0.2) is 0 Å². The predicted octanol–water partition coefficient (Wildman–Crippen LogP) is 2.59. The van der Waals surface area contributed by atoms with Gasteiger partial charge in [0.1, 0.15) is 0 Å². The molecule has 0 radical (unpaired) electrons. The Bertz CT molecular complexity index is 252. The summed E-state index contributed by atoms with van der Waals surface area (Å²) in [5.41, 5.74) is 2.31. The average molecular weight is 145 g/mol. The third-order valence-corrected chi connectivity index (χ3v) is 1.64. The van der Waals surface area contributed by atoms with E-state index in [1.165, 1.54) is 0 Å². The molecule has 0 heterocycles. The van der Waals surface area contributed by atoms with Crippen LogP contribution >= 0.6 is 0 Å². The molecule has 56 valence electrons. The van der Waals surface area contributed by atoms with E-state index >= 15 is 0 Å². The van der Waals surface area contributed by atoms with E-state index < -0.39 is 0 Å². The van der Waals surface area contributed by atoms with Crippen LogP contribution in [0.4, 0.5) is 0 Å². The van der Waals surface area contributed by atoms with Crippen molar-refractivity contribution >= 4 is 0 Å². The molecule has 0 aliphatic heterocycles. The molecule has 0 unspecified atom stereocenters. The van der Waals surface area contributed by atoms with Gasteiger partial charge in [0.2, 0.25) is 0 Å². The van der Waals surface area contributed by atoms with Crippen LogP contribution in [0.5, 0.6) is 0 Å². The van der Waals surface area contributed by atoms with E-state index in [9.17, 15) is 0 Å². The fraction of sp³-hybridized carbons (Fsp3) is 0.300. The van der Waals surface area contributed by atoms with Gasteiger partial charge in [-0.05, 0) is 13.8 Å². The standard InChI is InChI=1S/C10H11N/c1-8-3-4-9(2)6-10(5-8)7-11/h3-6,10H,1-2H3. The SMILES string of the molecule is CC1=CC(C#N)C=C(C)C=C1. The van der Waals surface area contributed by atoms with Gasteiger partial charge in [-0.15, -0.1) is 0 Å². The zero-order chi connectivity index (χ0) is 8.27. The minimum Gasteiger partial charge on any atom is -0.197 e. The van der Waals surface area contributed by atoms with E-state index in [1.807, 2.05) is 38.2 Å². The molecule has 0 aromatic carbocycles. The summed E-state index contributed by atoms with van der Waals surface area (Å²) in [7, 11) is 0. The lowest BCUT2D eigenvalue weighted by molar-refractivity contribution is 1.06. The fourth-order valence-electron chi connectivity index (χ4n) is 1.06. The molecule has 1 aliphatic carbocycles. The Morgan fingerprint density at radius 1 is 1.18 bits per heavy atom. The molecule has 1 heteroatoms. The maximum Gasteiger partial charge on any atom is 0.0835 e. The zero-order valence-electron chi connectivity index (χ0n) is 6.83. The molecule has 0 saturated heterocycles. The molecule has 0 amide bonds. The van der Waals surface area contributed by atoms with E-state index in [4.69, 9.17) is 5.26 Å². The summed E-state index contributed by atoms with van der Waals surface area (Å²) in [4.78, 5) is 0. The molecular formula is C10H11N. The normalized spacial score (nSPS) is 18.3. The summed E-state index contributed by atoms with van der Waals surface area (Å²) >= 11 is 0. The summed E-state index contributed by atoms with van der Waals surface area (Å²) in [5, 5.41) is 8.68. The molecule has 1 rings (SSSR count). The highest BCUT2D eigenvalue weighted by molar-refractivity contribution is 5.34. The Morgan fingerprint density at radius 3 is 2.00 bits per heavy atom. The summed E-state index contributed by atoms with van der Waals surface area (Å²) in [6, 6.07) is 2.21. The quantitative estimate of drug-likeness (QED) is 0.514. The number of allylic oxidation sites excluding steroid dienone is 6. The van der Waals surface area contributed by atoms with Gasteiger partial charge >= 0.3 is 0 Å². The monoisotopic (exact) mass is 145 g/mol. The van der Waals surface area contributed by atoms with Gasteiger partial charge in [-0.1, -0.05) is 35.5 Å². The highest BCUT2D eigenvalue weighted by atomic mass is 14.3. The van der Waals surface area contributed by atoms with Crippen LogP contribution in [0.1, 0.15) is 13.8 Å². The molecule has 0 aromatic heterocycles. The van der Waals surface area contributed by atoms with Gasteiger partial charge in [-0.2, -0.15) is 5.26 Å². The summed E-state index contributed by atoms with van der Waals surface area (Å²) in [6.45, 7) is 4.01. The van der Waals surface area contributed by atoms with Crippen molar-refractivity contribution in [2.75, 3.05) is 0 Å². The number of rotatable bonds is 0. The minimum absolute atomic E-state index is 0.0509. The smallest absolute Gasteiger partial charge is 0.0835 e. The first-order valence-corrected chi connectivity index (χ1v) is 3.67. The Kier molecular flexibility index (Phi) is 2.28. The van der Waals surface area contributed by atoms with Crippen molar-refractivity contribution in [3.8, 4) is 6.07 Å². The maximum atomic E-state index is 8.68. The molecule has 0 N–H and O–H groups in total. The van der Waals surface area contributed by atoms with Crippen molar-refractivity contribution < 1.29 is 0 Å². The van der Waals surface area contributed by atoms with Crippen LogP contribution in [0.3, 0.4) is 0 Å². The summed E-state index contributed by atoms with van der Waals surface area (Å²) in [5.74, 6) is -0.0509. The Hall–Kier alpha value is -1.29. The van der Waals surface area contributed by atoms with Gasteiger partial charge in [-0.25, -0.2) is 0 Å². The van der Waals surface area contributed by atoms with Crippen molar-refractivity contribution in [1.82, 2.24) is 0 Å². The van der Waals surface area contributed by atoms with E-state index in [0.717, 1.165) is 11.1 Å². The van der Waals surface area contributed by atoms with Crippen LogP contribution in [0, 0.1) is 17.2 Å². The molecule has 0 saturated carbocycles. The first-order chi connectivity index (χ1) is 5.22. The van der Waals surface area contributed by atoms with Crippen LogP contribution in [0.15, 0.2) is 35.5 Å². The fourth-order valence-corrected chi connectivity index (χ4v) is 1.06. The van der Waals surface area contributed by atoms with Gasteiger partial charge in [0.05, 0.1) is 12.0 Å². The van der Waals surface area contributed by atoms with Crippen molar-refractivity contribution in [2.24, 2.45) is 5.92 Å². The third kappa shape index (κ3) is 2.09. The van der Waals surface area contributed by atoms with Crippen LogP contribution in [0.2, 0.25) is 0 Å². The zero-order valence-corrected chi connectivity index (χ0v) is 6.83. The van der Waals surface area contributed by atoms with E-state index in [2.05, 4.69) is 6.07 Å². The molecular weight excluding hydrogens is 134 g/mol. The van der Waals surface area contributed by atoms with Gasteiger partial charge in [0, 0.05) is 0 Å². The van der Waals surface area contributed by atoms with E-state index in [-0.39, 0.29) is 5.92 Å². The number of nitrogens with zero attached hydrogens (tertiary/aromatic N) is 1. The second kappa shape index (κ2) is 3.21. The molecule has 0 bridgehead atoms. The van der Waals surface area contributed by atoms with E-state index in [1.54, 1.807) is 0 Å². The first kappa shape index (κ1) is 7.81. The van der Waals surface area contributed by atoms with Crippen molar-refractivity contribution in [3.63, 3.8) is 0 Å². The van der Waals surface area contributed by atoms with Crippen LogP contribution in [-0.2, 0) is 0 Å². The second-order valence-electron chi connectivity index (χ2n) is 2.81. The van der Waals surface area contributed by atoms with Crippen LogP contribution in [0.25, 0.3) is 0 Å². The number of nitriles is 1. The first-order valence-electron chi connectivity index (χ1n) is 3.67. The van der Waals surface area contributed by atoms with Gasteiger partial charge < -0.3 is 0 Å². The van der Waals surface area contributed by atoms with Gasteiger partial charge in [0.25, 0.3) is 0 Å². The highest BCUT2D eigenvalue weighted by Crippen LogP contribution is 2.13. The molecule has 0 aromatic rings. The second-order valence-corrected chi connectivity index (χ2v) is 2.81. The molecule has 1 nitrogen and oxygen atoms in total. The van der Waals surface area contributed by atoms with Crippen molar-refractivity contribution in [1.29, 1.82) is 5.26 Å². The van der Waals surface area contributed by atoms with Crippen molar-refractivity contribution in [2.45, 2.75) is 13.8 Å². The lowest BCUT2D eigenvalue weighted by Crippen LogP contribution is -1.86. The van der Waals surface area contributed by atoms with Gasteiger partial charge in [-0.3, -0.25) is 0 Å². The molecule has 11 heavy (non-hydrogen) atoms. The minimum atomic E-state index is -0.0509. The molecule has 1 aliphatic rings. The lowest BCUT2D eigenvalue weighted by Gasteiger charge is -1.94. The molecule has 0 atom stereocenters. The van der Waals surface area contributed by atoms with Crippen LogP contribution < -0.4 is 0 Å². The van der Waals surface area contributed by atoms with E-state index in [0.29, 0.717) is 0 Å². The Morgan fingerprint density at radius 2 is 1.64 bits per heavy atom. The number of hydrogen-bond donors (Lipinski definition) is 0. The average Bonchev–Trinajstić information content (AvgIpc) is 2.13. The Labute approximate surface area is 67.3 Å². The summed E-state index contributed by atoms with van der Waals surface area (Å²) < 4.78 is 0. The third-order valence-electron chi connectivity index (χ3n) is 1.64. The lowest BCUT2D eigenvalue weighted by atomic mass is 10.1. The van der Waals surface area contributed by atoms with Crippen LogP contribution in [-0.4, -0.2) is 0 Å². The number of hydrogen-bond acceptors (Lipinski definition) is 1. The molecule has 0 fully saturated rings. The maximum absolute atomic E-state index is 8.68. The Balaban J connectivity index is 2.95. The van der Waals surface area contributed by atoms with Crippen molar-refractivity contribution in [3.05, 3.63) is 35.5 Å². The topological polar surface area (TPSA) is 23.8 Å². The highest BCUT2D eigenvalue weighted by Gasteiger charge is 2.01.